The fraction of sp³-hybridized carbons (Fsp3) is 0.500. The molecule has 0 aliphatic carbocycles. The number of benzene rings is 1. The van der Waals surface area contributed by atoms with Gasteiger partial charge in [-0.2, -0.15) is 0 Å². The van der Waals surface area contributed by atoms with Gasteiger partial charge in [-0.1, -0.05) is 6.07 Å². The van der Waals surface area contributed by atoms with E-state index in [1.165, 1.54) is 6.07 Å². The molecule has 23 heavy (non-hydrogen) atoms. The highest BCUT2D eigenvalue weighted by molar-refractivity contribution is 5.85. The predicted molar refractivity (Wildman–Crippen MR) is 76.1 cm³/mol. The van der Waals surface area contributed by atoms with Crippen LogP contribution in [-0.4, -0.2) is 24.0 Å². The first kappa shape index (κ1) is 19.5. The lowest BCUT2D eigenvalue weighted by Gasteiger charge is -2.30. The second-order valence-corrected chi connectivity index (χ2v) is 5.23. The highest BCUT2D eigenvalue weighted by Crippen LogP contribution is 2.33. The minimum atomic E-state index is -4.87. The molecule has 1 heterocycles. The minimum Gasteiger partial charge on any atom is -0.481 e. The third kappa shape index (κ3) is 5.87. The van der Waals surface area contributed by atoms with E-state index in [9.17, 15) is 22.4 Å². The second-order valence-electron chi connectivity index (χ2n) is 5.23. The van der Waals surface area contributed by atoms with Gasteiger partial charge in [0.05, 0.1) is 0 Å². The summed E-state index contributed by atoms with van der Waals surface area (Å²) in [4.78, 5) is 10.7. The Morgan fingerprint density at radius 3 is 2.65 bits per heavy atom. The number of aliphatic carboxylic acids is 1. The van der Waals surface area contributed by atoms with Crippen molar-refractivity contribution in [3.05, 3.63) is 29.6 Å². The first-order valence-electron chi connectivity index (χ1n) is 6.75. The zero-order valence-corrected chi connectivity index (χ0v) is 12.7. The van der Waals surface area contributed by atoms with Crippen molar-refractivity contribution in [2.45, 2.75) is 31.7 Å². The van der Waals surface area contributed by atoms with Crippen molar-refractivity contribution in [3.63, 3.8) is 0 Å². The molecule has 1 aromatic carbocycles. The lowest BCUT2D eigenvalue weighted by Crippen LogP contribution is -2.33. The van der Waals surface area contributed by atoms with Gasteiger partial charge in [0.2, 0.25) is 0 Å². The smallest absolute Gasteiger partial charge is 0.481 e. The Bertz CT molecular complexity index is 553. The topological polar surface area (TPSA) is 58.6 Å². The van der Waals surface area contributed by atoms with Crippen molar-refractivity contribution in [2.24, 2.45) is 5.92 Å². The van der Waals surface area contributed by atoms with Crippen LogP contribution in [0.25, 0.3) is 0 Å². The average Bonchev–Trinajstić information content (AvgIpc) is 2.36. The number of carboxylic acid groups (broad SMARTS) is 1. The highest BCUT2D eigenvalue weighted by atomic mass is 35.5. The monoisotopic (exact) mass is 357 g/mol. The Labute approximate surface area is 136 Å². The van der Waals surface area contributed by atoms with Gasteiger partial charge in [-0.15, -0.1) is 25.6 Å². The van der Waals surface area contributed by atoms with Gasteiger partial charge in [-0.05, 0) is 31.4 Å². The van der Waals surface area contributed by atoms with E-state index < -0.39 is 29.9 Å². The lowest BCUT2D eigenvalue weighted by molar-refractivity contribution is -0.274. The van der Waals surface area contributed by atoms with Crippen molar-refractivity contribution >= 4 is 18.4 Å². The molecule has 2 rings (SSSR count). The van der Waals surface area contributed by atoms with Gasteiger partial charge in [0.1, 0.15) is 11.6 Å². The summed E-state index contributed by atoms with van der Waals surface area (Å²) in [5.41, 5.74) is 0.213. The molecule has 1 aliphatic rings. The molecule has 1 aliphatic heterocycles. The van der Waals surface area contributed by atoms with E-state index in [-0.39, 0.29) is 30.3 Å². The molecule has 2 N–H and O–H groups in total. The number of carbonyl (C=O) groups is 1. The van der Waals surface area contributed by atoms with Crippen LogP contribution in [0.3, 0.4) is 0 Å². The molecule has 4 nitrogen and oxygen atoms in total. The van der Waals surface area contributed by atoms with Gasteiger partial charge in [-0.3, -0.25) is 4.79 Å². The third-order valence-electron chi connectivity index (χ3n) is 3.56. The van der Waals surface area contributed by atoms with Gasteiger partial charge < -0.3 is 15.2 Å². The summed E-state index contributed by atoms with van der Waals surface area (Å²) in [5, 5.41) is 11.9. The minimum absolute atomic E-state index is 0. The molecule has 0 amide bonds. The van der Waals surface area contributed by atoms with E-state index in [0.717, 1.165) is 6.07 Å². The standard InChI is InChI=1S/C14H15F4NO3.ClH/c15-11-7-9(22-14(16,17)18)1-2-10(11)12-5-8(3-4-19-12)6-13(20)21;/h1-2,7-8,12,19H,3-6H2,(H,20,21);1H. The van der Waals surface area contributed by atoms with E-state index in [4.69, 9.17) is 5.11 Å². The number of nitrogens with one attached hydrogen (secondary N) is 1. The van der Waals surface area contributed by atoms with Crippen molar-refractivity contribution in [1.29, 1.82) is 0 Å². The van der Waals surface area contributed by atoms with E-state index in [0.29, 0.717) is 25.5 Å². The van der Waals surface area contributed by atoms with E-state index in [1.807, 2.05) is 0 Å². The van der Waals surface area contributed by atoms with Crippen LogP contribution in [0.1, 0.15) is 30.9 Å². The molecule has 0 bridgehead atoms. The number of halogens is 5. The average molecular weight is 358 g/mol. The maximum absolute atomic E-state index is 14.0. The molecular weight excluding hydrogens is 342 g/mol. The van der Waals surface area contributed by atoms with Crippen molar-refractivity contribution in [2.75, 3.05) is 6.54 Å². The molecule has 0 spiro atoms. The quantitative estimate of drug-likeness (QED) is 0.807. The summed E-state index contributed by atoms with van der Waals surface area (Å²) in [7, 11) is 0. The molecule has 2 atom stereocenters. The van der Waals surface area contributed by atoms with Crippen LogP contribution in [0, 0.1) is 11.7 Å². The first-order valence-corrected chi connectivity index (χ1v) is 6.75. The fourth-order valence-corrected chi connectivity index (χ4v) is 2.65. The van der Waals surface area contributed by atoms with E-state index >= 15 is 0 Å². The van der Waals surface area contributed by atoms with Gasteiger partial charge in [0, 0.05) is 24.1 Å². The number of alkyl halides is 3. The zero-order valence-electron chi connectivity index (χ0n) is 11.9. The molecule has 2 unspecified atom stereocenters. The number of hydrogen-bond donors (Lipinski definition) is 2. The van der Waals surface area contributed by atoms with Gasteiger partial charge in [-0.25, -0.2) is 4.39 Å². The molecular formula is C14H16ClF4NO3. The Morgan fingerprint density at radius 1 is 1.39 bits per heavy atom. The zero-order chi connectivity index (χ0) is 16.3. The van der Waals surface area contributed by atoms with Crippen molar-refractivity contribution in [1.82, 2.24) is 5.32 Å². The number of hydrogen-bond acceptors (Lipinski definition) is 3. The Hall–Kier alpha value is -1.54. The van der Waals surface area contributed by atoms with E-state index in [2.05, 4.69) is 10.1 Å². The van der Waals surface area contributed by atoms with Crippen LogP contribution in [-0.2, 0) is 4.79 Å². The van der Waals surface area contributed by atoms with E-state index in [1.54, 1.807) is 0 Å². The summed E-state index contributed by atoms with van der Waals surface area (Å²) in [6.45, 7) is 0.531. The molecule has 9 heteroatoms. The second kappa shape index (κ2) is 7.83. The van der Waals surface area contributed by atoms with Crippen LogP contribution in [0.4, 0.5) is 17.6 Å². The maximum Gasteiger partial charge on any atom is 0.573 e. The largest absolute Gasteiger partial charge is 0.573 e. The molecule has 130 valence electrons. The molecule has 0 saturated carbocycles. The normalized spacial score (nSPS) is 21.4. The van der Waals surface area contributed by atoms with Gasteiger partial charge in [0.25, 0.3) is 0 Å². The highest BCUT2D eigenvalue weighted by Gasteiger charge is 2.32. The number of ether oxygens (including phenoxy) is 1. The molecule has 0 radical (unpaired) electrons. The SMILES string of the molecule is Cl.O=C(O)CC1CCNC(c2ccc(OC(F)(F)F)cc2F)C1. The number of piperidine rings is 1. The Morgan fingerprint density at radius 2 is 2.09 bits per heavy atom. The van der Waals surface area contributed by atoms with Crippen LogP contribution in [0.15, 0.2) is 18.2 Å². The predicted octanol–water partition coefficient (Wildman–Crippen LogP) is 3.66. The summed E-state index contributed by atoms with van der Waals surface area (Å²) >= 11 is 0. The first-order chi connectivity index (χ1) is 10.2. The Kier molecular flexibility index (Phi) is 6.64. The van der Waals surface area contributed by atoms with Crippen LogP contribution < -0.4 is 10.1 Å². The summed E-state index contributed by atoms with van der Waals surface area (Å²) < 4.78 is 53.9. The summed E-state index contributed by atoms with van der Waals surface area (Å²) in [6, 6.07) is 2.55. The van der Waals surface area contributed by atoms with Crippen LogP contribution in [0.2, 0.25) is 0 Å². The van der Waals surface area contributed by atoms with Crippen molar-refractivity contribution in [3.8, 4) is 5.75 Å². The van der Waals surface area contributed by atoms with Crippen LogP contribution >= 0.6 is 12.4 Å². The van der Waals surface area contributed by atoms with Gasteiger partial charge >= 0.3 is 12.3 Å². The molecule has 0 aromatic heterocycles. The third-order valence-corrected chi connectivity index (χ3v) is 3.56. The summed E-state index contributed by atoms with van der Waals surface area (Å²) in [5.74, 6) is -2.43. The van der Waals surface area contributed by atoms with Gasteiger partial charge in [0.15, 0.2) is 0 Å². The number of carboxylic acids is 1. The Balaban J connectivity index is 0.00000264. The maximum atomic E-state index is 14.0. The fourth-order valence-electron chi connectivity index (χ4n) is 2.65. The summed E-state index contributed by atoms with van der Waals surface area (Å²) in [6.07, 6.45) is -3.79. The van der Waals surface area contributed by atoms with Crippen LogP contribution in [0.5, 0.6) is 5.75 Å². The van der Waals surface area contributed by atoms with Crippen molar-refractivity contribution < 1.29 is 32.2 Å². The molecule has 1 aromatic rings. The molecule has 1 saturated heterocycles. The molecule has 1 fully saturated rings. The number of rotatable bonds is 4. The lowest BCUT2D eigenvalue weighted by atomic mass is 9.86.